The molecule has 124 valence electrons. The second kappa shape index (κ2) is 6.67. The number of imidazole rings is 1. The van der Waals surface area contributed by atoms with Gasteiger partial charge < -0.3 is 19.1 Å². The number of carbonyl (C=O) groups is 1. The minimum absolute atomic E-state index is 0.220. The molecule has 0 spiro atoms. The molecule has 0 unspecified atom stereocenters. The smallest absolute Gasteiger partial charge is 0.260 e. The first-order valence-corrected chi connectivity index (χ1v) is 7.44. The number of carbonyl (C=O) groups excluding carboxylic acids is 1. The lowest BCUT2D eigenvalue weighted by Gasteiger charge is -2.08. The van der Waals surface area contributed by atoms with Gasteiger partial charge in [-0.25, -0.2) is 4.98 Å². The van der Waals surface area contributed by atoms with Gasteiger partial charge in [-0.05, 0) is 38.1 Å². The quantitative estimate of drug-likeness (QED) is 0.779. The van der Waals surface area contributed by atoms with E-state index in [1.807, 2.05) is 42.7 Å². The summed E-state index contributed by atoms with van der Waals surface area (Å²) in [5.74, 6) is -0.286. The monoisotopic (exact) mass is 326 g/mol. The number of aromatic nitrogens is 3. The number of rotatable bonds is 5. The second-order valence-corrected chi connectivity index (χ2v) is 5.39. The van der Waals surface area contributed by atoms with Gasteiger partial charge in [0, 0.05) is 24.2 Å². The number of aryl methyl sites for hydroxylation is 1. The maximum Gasteiger partial charge on any atom is 0.260 e. The maximum absolute atomic E-state index is 12.3. The molecular formula is C17H18N4O3. The lowest BCUT2D eigenvalue weighted by Crippen LogP contribution is -2.13. The maximum atomic E-state index is 12.3. The first kappa shape index (κ1) is 15.9. The van der Waals surface area contributed by atoms with Gasteiger partial charge in [0.1, 0.15) is 17.5 Å². The van der Waals surface area contributed by atoms with E-state index in [0.29, 0.717) is 16.9 Å². The zero-order chi connectivity index (χ0) is 17.1. The number of methoxy groups -OCH3 is 1. The van der Waals surface area contributed by atoms with Gasteiger partial charge in [-0.15, -0.1) is 0 Å². The summed E-state index contributed by atoms with van der Waals surface area (Å²) in [6, 6.07) is 7.53. The highest BCUT2D eigenvalue weighted by Crippen LogP contribution is 2.18. The summed E-state index contributed by atoms with van der Waals surface area (Å²) < 4.78 is 11.8. The fourth-order valence-corrected chi connectivity index (χ4v) is 2.35. The van der Waals surface area contributed by atoms with Crippen LogP contribution in [0, 0.1) is 13.8 Å². The van der Waals surface area contributed by atoms with Crippen LogP contribution in [0.25, 0.3) is 5.69 Å². The Bertz CT molecular complexity index is 849. The Morgan fingerprint density at radius 2 is 2.04 bits per heavy atom. The molecule has 0 aliphatic heterocycles. The normalized spacial score (nSPS) is 10.8. The van der Waals surface area contributed by atoms with Gasteiger partial charge in [-0.2, -0.15) is 0 Å². The molecule has 0 fully saturated rings. The fraction of sp³-hybridized carbons (Fsp3) is 0.235. The van der Waals surface area contributed by atoms with Crippen LogP contribution in [-0.2, 0) is 11.3 Å². The summed E-state index contributed by atoms with van der Waals surface area (Å²) in [4.78, 5) is 16.6. The van der Waals surface area contributed by atoms with Crippen molar-refractivity contribution in [2.75, 3.05) is 12.4 Å². The summed E-state index contributed by atoms with van der Waals surface area (Å²) >= 11 is 0. The molecule has 2 aromatic heterocycles. The van der Waals surface area contributed by atoms with E-state index < -0.39 is 0 Å². The van der Waals surface area contributed by atoms with Gasteiger partial charge in [-0.1, -0.05) is 5.16 Å². The van der Waals surface area contributed by atoms with E-state index >= 15 is 0 Å². The molecule has 1 amide bonds. The van der Waals surface area contributed by atoms with Crippen molar-refractivity contribution < 1.29 is 14.1 Å². The molecule has 1 aromatic carbocycles. The molecule has 7 nitrogen and oxygen atoms in total. The summed E-state index contributed by atoms with van der Waals surface area (Å²) in [6.45, 7) is 4.20. The van der Waals surface area contributed by atoms with Crippen molar-refractivity contribution in [1.29, 1.82) is 0 Å². The van der Waals surface area contributed by atoms with E-state index in [9.17, 15) is 4.79 Å². The van der Waals surface area contributed by atoms with E-state index in [0.717, 1.165) is 17.1 Å². The third kappa shape index (κ3) is 3.07. The van der Waals surface area contributed by atoms with Crippen LogP contribution in [0.4, 0.5) is 5.69 Å². The number of amides is 1. The number of anilines is 1. The Kier molecular flexibility index (Phi) is 4.43. The molecule has 0 radical (unpaired) electrons. The molecule has 0 aliphatic rings. The van der Waals surface area contributed by atoms with Crippen molar-refractivity contribution in [3.05, 3.63) is 59.5 Å². The lowest BCUT2D eigenvalue weighted by molar-refractivity contribution is 0.102. The summed E-state index contributed by atoms with van der Waals surface area (Å²) in [5.41, 5.74) is 4.57. The van der Waals surface area contributed by atoms with E-state index in [4.69, 9.17) is 9.26 Å². The topological polar surface area (TPSA) is 82.2 Å². The predicted molar refractivity (Wildman–Crippen MR) is 88.2 cm³/mol. The molecule has 3 aromatic rings. The van der Waals surface area contributed by atoms with E-state index in [1.54, 1.807) is 6.33 Å². The van der Waals surface area contributed by atoms with E-state index in [-0.39, 0.29) is 12.5 Å². The van der Waals surface area contributed by atoms with Gasteiger partial charge >= 0.3 is 0 Å². The highest BCUT2D eigenvalue weighted by atomic mass is 16.5. The van der Waals surface area contributed by atoms with Crippen molar-refractivity contribution in [3.8, 4) is 5.69 Å². The van der Waals surface area contributed by atoms with Crippen LogP contribution in [0.2, 0.25) is 0 Å². The number of benzene rings is 1. The number of nitrogens with zero attached hydrogens (tertiary/aromatic N) is 3. The minimum Gasteiger partial charge on any atom is -0.378 e. The Morgan fingerprint density at radius 1 is 1.29 bits per heavy atom. The third-order valence-electron chi connectivity index (χ3n) is 3.83. The Labute approximate surface area is 139 Å². The Balaban J connectivity index is 1.75. The third-order valence-corrected chi connectivity index (χ3v) is 3.83. The Hall–Kier alpha value is -2.93. The highest BCUT2D eigenvalue weighted by Gasteiger charge is 2.16. The average Bonchev–Trinajstić information content (AvgIpc) is 3.17. The van der Waals surface area contributed by atoms with Gasteiger partial charge in [0.25, 0.3) is 5.91 Å². The molecule has 3 rings (SSSR count). The first-order chi connectivity index (χ1) is 11.6. The van der Waals surface area contributed by atoms with Gasteiger partial charge in [-0.3, -0.25) is 4.79 Å². The summed E-state index contributed by atoms with van der Waals surface area (Å²) in [6.07, 6.45) is 3.10. The van der Waals surface area contributed by atoms with Crippen LogP contribution in [-0.4, -0.2) is 27.7 Å². The molecule has 0 saturated heterocycles. The molecule has 1 N–H and O–H groups in total. The largest absolute Gasteiger partial charge is 0.378 e. The Morgan fingerprint density at radius 3 is 2.67 bits per heavy atom. The highest BCUT2D eigenvalue weighted by molar-refractivity contribution is 6.04. The van der Waals surface area contributed by atoms with Crippen LogP contribution in [0.3, 0.4) is 0 Å². The molecule has 0 bridgehead atoms. The molecule has 24 heavy (non-hydrogen) atoms. The lowest BCUT2D eigenvalue weighted by atomic mass is 10.2. The molecular weight excluding hydrogens is 308 g/mol. The number of ether oxygens (including phenoxy) is 1. The van der Waals surface area contributed by atoms with Crippen molar-refractivity contribution in [2.24, 2.45) is 0 Å². The fourth-order valence-electron chi connectivity index (χ4n) is 2.35. The van der Waals surface area contributed by atoms with Crippen molar-refractivity contribution in [2.45, 2.75) is 20.5 Å². The molecule has 0 saturated carbocycles. The zero-order valence-electron chi connectivity index (χ0n) is 13.7. The zero-order valence-corrected chi connectivity index (χ0v) is 13.7. The molecule has 2 heterocycles. The van der Waals surface area contributed by atoms with E-state index in [2.05, 4.69) is 15.5 Å². The van der Waals surface area contributed by atoms with Crippen molar-refractivity contribution in [3.63, 3.8) is 0 Å². The predicted octanol–water partition coefficient (Wildman–Crippen LogP) is 2.88. The number of nitrogens with one attached hydrogen (secondary N) is 1. The number of hydrogen-bond acceptors (Lipinski definition) is 5. The van der Waals surface area contributed by atoms with Crippen molar-refractivity contribution in [1.82, 2.24) is 14.7 Å². The average molecular weight is 326 g/mol. The van der Waals surface area contributed by atoms with Crippen LogP contribution >= 0.6 is 0 Å². The van der Waals surface area contributed by atoms with Gasteiger partial charge in [0.15, 0.2) is 0 Å². The summed E-state index contributed by atoms with van der Waals surface area (Å²) in [5, 5.41) is 6.59. The van der Waals surface area contributed by atoms with E-state index in [1.165, 1.54) is 13.4 Å². The molecule has 0 atom stereocenters. The summed E-state index contributed by atoms with van der Waals surface area (Å²) in [7, 11) is 1.54. The van der Waals surface area contributed by atoms with Crippen LogP contribution < -0.4 is 5.32 Å². The standard InChI is InChI=1S/C17H18N4O3/c1-11-12(2)21(10-18-11)14-6-4-13(5-7-14)19-17(22)15-8-24-20-16(15)9-23-3/h4-8,10H,9H2,1-3H3,(H,19,22). The minimum atomic E-state index is -0.286. The molecule has 7 heteroatoms. The van der Waals surface area contributed by atoms with Crippen LogP contribution in [0.1, 0.15) is 27.4 Å². The van der Waals surface area contributed by atoms with Crippen LogP contribution in [0.15, 0.2) is 41.4 Å². The second-order valence-electron chi connectivity index (χ2n) is 5.39. The number of hydrogen-bond donors (Lipinski definition) is 1. The van der Waals surface area contributed by atoms with Crippen LogP contribution in [0.5, 0.6) is 0 Å². The van der Waals surface area contributed by atoms with Gasteiger partial charge in [0.2, 0.25) is 0 Å². The first-order valence-electron chi connectivity index (χ1n) is 7.44. The van der Waals surface area contributed by atoms with Gasteiger partial charge in [0.05, 0.1) is 18.6 Å². The molecule has 0 aliphatic carbocycles. The SMILES string of the molecule is COCc1nocc1C(=O)Nc1ccc(-n2cnc(C)c2C)cc1. The van der Waals surface area contributed by atoms with Crippen molar-refractivity contribution >= 4 is 11.6 Å².